The minimum absolute atomic E-state index is 0. The molecule has 0 unspecified atom stereocenters. The number of hydrogen-bond donors (Lipinski definition) is 4. The first kappa shape index (κ1) is 32.7. The maximum Gasteiger partial charge on any atom is 0.328 e. The lowest BCUT2D eigenvalue weighted by Gasteiger charge is -2.20. The molecule has 1 aromatic carbocycles. The Morgan fingerprint density at radius 3 is 2.42 bits per heavy atom. The Hall–Kier alpha value is -3.51. The number of nitrogens with one attached hydrogen (secondary N) is 3. The van der Waals surface area contributed by atoms with Crippen LogP contribution in [0.4, 0.5) is 0 Å². The maximum absolute atomic E-state index is 13.3. The van der Waals surface area contributed by atoms with E-state index < -0.39 is 24.1 Å². The van der Waals surface area contributed by atoms with Gasteiger partial charge in [0.25, 0.3) is 5.91 Å². The number of halogens is 1. The summed E-state index contributed by atoms with van der Waals surface area (Å²) in [4.78, 5) is 50.6. The molecular weight excluding hydrogens is 538 g/mol. The molecule has 1 aliphatic heterocycles. The average Bonchev–Trinajstić information content (AvgIpc) is 3.41. The van der Waals surface area contributed by atoms with E-state index in [9.17, 15) is 19.2 Å². The molecule has 1 aliphatic rings. The third kappa shape index (κ3) is 10.2. The number of ether oxygens (including phenoxy) is 1. The van der Waals surface area contributed by atoms with Crippen LogP contribution in [0, 0.1) is 0 Å². The molecular formula is C27H40ClN7O5. The minimum Gasteiger partial charge on any atom is -1.00 e. The van der Waals surface area contributed by atoms with Gasteiger partial charge >= 0.3 is 5.97 Å². The van der Waals surface area contributed by atoms with Gasteiger partial charge in [-0.15, -0.1) is 5.10 Å². The number of carbonyl (C=O) groups is 4. The van der Waals surface area contributed by atoms with Gasteiger partial charge < -0.3 is 38.8 Å². The summed E-state index contributed by atoms with van der Waals surface area (Å²) in [6.45, 7) is 0.866. The average molecular weight is 578 g/mol. The van der Waals surface area contributed by atoms with Crippen molar-refractivity contribution in [2.75, 3.05) is 20.2 Å². The zero-order valence-corrected chi connectivity index (χ0v) is 23.7. The van der Waals surface area contributed by atoms with Crippen molar-refractivity contribution in [2.45, 2.75) is 75.9 Å². The number of carbonyl (C=O) groups excluding carboxylic acids is 4. The van der Waals surface area contributed by atoms with Crippen LogP contribution in [-0.4, -0.2) is 71.0 Å². The molecule has 220 valence electrons. The van der Waals surface area contributed by atoms with Crippen LogP contribution in [-0.2, 0) is 36.8 Å². The molecule has 3 amide bonds. The first-order valence-electron chi connectivity index (χ1n) is 13.6. The molecule has 0 fully saturated rings. The molecule has 0 saturated carbocycles. The van der Waals surface area contributed by atoms with Crippen molar-refractivity contribution in [3.8, 4) is 0 Å². The normalized spacial score (nSPS) is 22.2. The van der Waals surface area contributed by atoms with E-state index in [-0.39, 0.29) is 36.5 Å². The third-order valence-electron chi connectivity index (χ3n) is 6.82. The maximum atomic E-state index is 13.3. The van der Waals surface area contributed by atoms with Gasteiger partial charge in [-0.25, -0.2) is 9.48 Å². The van der Waals surface area contributed by atoms with Crippen LogP contribution < -0.4 is 34.1 Å². The van der Waals surface area contributed by atoms with Crippen molar-refractivity contribution in [3.05, 3.63) is 47.8 Å². The molecule has 1 aromatic heterocycles. The van der Waals surface area contributed by atoms with E-state index in [0.29, 0.717) is 70.2 Å². The number of aromatic nitrogens is 3. The van der Waals surface area contributed by atoms with Crippen molar-refractivity contribution >= 4 is 23.7 Å². The van der Waals surface area contributed by atoms with E-state index in [1.54, 1.807) is 10.9 Å². The van der Waals surface area contributed by atoms with Gasteiger partial charge in [0, 0.05) is 32.4 Å². The number of methoxy groups -OCH3 is 1. The Kier molecular flexibility index (Phi) is 14.1. The first-order valence-corrected chi connectivity index (χ1v) is 13.6. The smallest absolute Gasteiger partial charge is 0.328 e. The summed E-state index contributed by atoms with van der Waals surface area (Å²) in [7, 11) is 1.29. The van der Waals surface area contributed by atoms with Gasteiger partial charge in [-0.1, -0.05) is 35.5 Å². The molecule has 3 rings (SSSR count). The largest absolute Gasteiger partial charge is 1.00 e. The van der Waals surface area contributed by atoms with E-state index >= 15 is 0 Å². The van der Waals surface area contributed by atoms with Crippen molar-refractivity contribution < 1.29 is 42.1 Å². The monoisotopic (exact) mass is 577 g/mol. The highest BCUT2D eigenvalue weighted by Crippen LogP contribution is 2.17. The van der Waals surface area contributed by atoms with E-state index in [2.05, 4.69) is 32.0 Å². The molecule has 0 spiro atoms. The lowest BCUT2D eigenvalue weighted by molar-refractivity contribution is -0.405. The molecule has 2 heterocycles. The highest BCUT2D eigenvalue weighted by Gasteiger charge is 2.27. The summed E-state index contributed by atoms with van der Waals surface area (Å²) in [5.41, 5.74) is 5.61. The van der Waals surface area contributed by atoms with E-state index in [0.717, 1.165) is 5.56 Å². The summed E-state index contributed by atoms with van der Waals surface area (Å²) >= 11 is 0. The molecule has 0 radical (unpaired) electrons. The van der Waals surface area contributed by atoms with Crippen molar-refractivity contribution in [1.82, 2.24) is 30.9 Å². The molecule has 2 aromatic rings. The van der Waals surface area contributed by atoms with E-state index in [1.165, 1.54) is 7.11 Å². The number of aryl methyl sites for hydroxylation is 1. The second-order valence-corrected chi connectivity index (χ2v) is 9.79. The second-order valence-electron chi connectivity index (χ2n) is 9.79. The Morgan fingerprint density at radius 2 is 1.70 bits per heavy atom. The fourth-order valence-corrected chi connectivity index (χ4v) is 4.52. The van der Waals surface area contributed by atoms with Gasteiger partial charge in [0.1, 0.15) is 12.1 Å². The number of benzene rings is 1. The molecule has 0 aliphatic carbocycles. The van der Waals surface area contributed by atoms with E-state index in [1.807, 2.05) is 30.3 Å². The molecule has 0 bridgehead atoms. The Balaban J connectivity index is 0.00000560. The molecule has 0 saturated heterocycles. The highest BCUT2D eigenvalue weighted by molar-refractivity contribution is 5.86. The van der Waals surface area contributed by atoms with Crippen LogP contribution in [0.25, 0.3) is 0 Å². The topological polar surface area (TPSA) is 172 Å². The van der Waals surface area contributed by atoms with Gasteiger partial charge in [-0.2, -0.15) is 0 Å². The first-order chi connectivity index (χ1) is 18.9. The SMILES string of the molecule is COC(=O)[C@@H]1CCCCNC(=O)[C@H](Cc2ccccc2)n2nncc2CCC(=O)NCCCC[C@H]([NH3+])C(=O)N1.[Cl-]. The van der Waals surface area contributed by atoms with Crippen molar-refractivity contribution in [2.24, 2.45) is 0 Å². The Bertz CT molecular complexity index is 1100. The standard InChI is InChI=1S/C27H39N7O5.ClH/c1-39-27(38)22-12-6-8-16-30-26(37)23(17-19-9-3-2-4-10-19)34-20(18-31-33-34)13-14-24(35)29-15-7-5-11-21(28)25(36)32-22;/h2-4,9-10,18,21-23H,5-8,11-17,28H2,1H3,(H,29,35)(H,30,37)(H,32,36);1H/t21-,22-,23-;/m0./s1. The zero-order chi connectivity index (χ0) is 28.0. The molecule has 13 heteroatoms. The number of quaternary nitrogens is 1. The number of esters is 1. The molecule has 6 N–H and O–H groups in total. The Morgan fingerprint density at radius 1 is 1.00 bits per heavy atom. The lowest BCUT2D eigenvalue weighted by atomic mass is 10.0. The van der Waals surface area contributed by atoms with Crippen LogP contribution >= 0.6 is 0 Å². The van der Waals surface area contributed by atoms with E-state index in [4.69, 9.17) is 4.74 Å². The molecule has 3 atom stereocenters. The summed E-state index contributed by atoms with van der Waals surface area (Å²) in [6.07, 6.45) is 6.16. The van der Waals surface area contributed by atoms with Gasteiger partial charge in [-0.05, 0) is 44.1 Å². The van der Waals surface area contributed by atoms with Crippen LogP contribution in [0.1, 0.15) is 62.2 Å². The molecule has 12 nitrogen and oxygen atoms in total. The summed E-state index contributed by atoms with van der Waals surface area (Å²) in [5, 5.41) is 16.9. The quantitative estimate of drug-likeness (QED) is 0.279. The van der Waals surface area contributed by atoms with Crippen LogP contribution in [0.2, 0.25) is 0 Å². The van der Waals surface area contributed by atoms with Crippen molar-refractivity contribution in [1.29, 1.82) is 0 Å². The number of amides is 3. The minimum atomic E-state index is -0.778. The third-order valence-corrected chi connectivity index (χ3v) is 6.82. The number of fused-ring (bicyclic) bond motifs is 1. The number of hydrogen-bond acceptors (Lipinski definition) is 7. The predicted molar refractivity (Wildman–Crippen MR) is 142 cm³/mol. The second kappa shape index (κ2) is 17.2. The summed E-state index contributed by atoms with van der Waals surface area (Å²) in [6, 6.07) is 7.72. The van der Waals surface area contributed by atoms with Gasteiger partial charge in [0.05, 0.1) is 19.0 Å². The number of nitrogens with zero attached hydrogens (tertiary/aromatic N) is 3. The Labute approximate surface area is 240 Å². The fourth-order valence-electron chi connectivity index (χ4n) is 4.52. The van der Waals surface area contributed by atoms with Crippen LogP contribution in [0.5, 0.6) is 0 Å². The fraction of sp³-hybridized carbons (Fsp3) is 0.556. The van der Waals surface area contributed by atoms with Crippen LogP contribution in [0.15, 0.2) is 36.5 Å². The van der Waals surface area contributed by atoms with Gasteiger partial charge in [0.15, 0.2) is 6.04 Å². The van der Waals surface area contributed by atoms with Gasteiger partial charge in [0.2, 0.25) is 11.8 Å². The van der Waals surface area contributed by atoms with Gasteiger partial charge in [-0.3, -0.25) is 14.4 Å². The highest BCUT2D eigenvalue weighted by atomic mass is 35.5. The summed E-state index contributed by atoms with van der Waals surface area (Å²) in [5.74, 6) is -1.14. The van der Waals surface area contributed by atoms with Crippen LogP contribution in [0.3, 0.4) is 0 Å². The van der Waals surface area contributed by atoms with Crippen molar-refractivity contribution in [3.63, 3.8) is 0 Å². The summed E-state index contributed by atoms with van der Waals surface area (Å²) < 4.78 is 6.48. The number of rotatable bonds is 3. The lowest BCUT2D eigenvalue weighted by Crippen LogP contribution is -3.00. The zero-order valence-electron chi connectivity index (χ0n) is 22.9. The molecule has 40 heavy (non-hydrogen) atoms. The predicted octanol–water partition coefficient (Wildman–Crippen LogP) is -3.15.